The number of halogens is 1. The van der Waals surface area contributed by atoms with E-state index in [1.165, 1.54) is 29.5 Å². The van der Waals surface area contributed by atoms with Crippen LogP contribution in [0.5, 0.6) is 0 Å². The van der Waals surface area contributed by atoms with Gasteiger partial charge in [0.15, 0.2) is 0 Å². The van der Waals surface area contributed by atoms with Crippen LogP contribution < -0.4 is 4.72 Å². The first-order valence-corrected chi connectivity index (χ1v) is 12.8. The van der Waals surface area contributed by atoms with Gasteiger partial charge in [0.25, 0.3) is 0 Å². The standard InChI is InChI=1S/C28H34FN3S/c1-19(2)33-32-27(20-7-5-4-6-8-20)16-23-10-9-22-15-26(21(18-30)17-28(22,23)3)31-25-13-11-24(29)12-14-25/h4-8,11-15,18-19,21,23,27,30,32H,9-10,16-17H2,1-3H3. The highest BCUT2D eigenvalue weighted by molar-refractivity contribution is 7.97. The maximum Gasteiger partial charge on any atom is 0.123 e. The first-order valence-electron chi connectivity index (χ1n) is 11.9. The molecule has 2 N–H and O–H groups in total. The number of rotatable bonds is 8. The third kappa shape index (κ3) is 5.47. The highest BCUT2D eigenvalue weighted by atomic mass is 32.2. The Hall–Kier alpha value is -2.24. The summed E-state index contributed by atoms with van der Waals surface area (Å²) in [6.45, 7) is 6.82. The molecule has 0 amide bonds. The number of aliphatic imine (C=N–C) groups is 1. The summed E-state index contributed by atoms with van der Waals surface area (Å²) in [4.78, 5) is 4.79. The SMILES string of the molecule is CC(C)SNC(CC1CCC2=CC(=Nc3ccc(F)cc3)C(C=N)CC21C)c1ccccc1. The van der Waals surface area contributed by atoms with Crippen LogP contribution in [0.1, 0.15) is 58.1 Å². The Labute approximate surface area is 201 Å². The number of hydrogen-bond acceptors (Lipinski definition) is 4. The van der Waals surface area contributed by atoms with E-state index in [0.29, 0.717) is 17.2 Å². The highest BCUT2D eigenvalue weighted by Crippen LogP contribution is 2.56. The molecule has 0 heterocycles. The largest absolute Gasteiger partial charge is 0.312 e. The second-order valence-corrected chi connectivity index (χ2v) is 11.2. The fourth-order valence-electron chi connectivity index (χ4n) is 5.32. The molecular formula is C28H34FN3S. The molecular weight excluding hydrogens is 429 g/mol. The molecule has 2 aromatic carbocycles. The molecule has 0 aliphatic heterocycles. The third-order valence-corrected chi connectivity index (χ3v) is 8.09. The van der Waals surface area contributed by atoms with Crippen molar-refractivity contribution in [1.82, 2.24) is 4.72 Å². The zero-order valence-electron chi connectivity index (χ0n) is 19.7. The Morgan fingerprint density at radius 3 is 2.58 bits per heavy atom. The molecule has 4 rings (SSSR count). The molecule has 2 aliphatic rings. The van der Waals surface area contributed by atoms with E-state index in [0.717, 1.165) is 37.1 Å². The molecule has 2 aliphatic carbocycles. The maximum atomic E-state index is 13.3. The van der Waals surface area contributed by atoms with Crippen molar-refractivity contribution in [2.75, 3.05) is 0 Å². The summed E-state index contributed by atoms with van der Waals surface area (Å²) in [5, 5.41) is 8.63. The van der Waals surface area contributed by atoms with Crippen molar-refractivity contribution in [3.05, 3.63) is 77.6 Å². The van der Waals surface area contributed by atoms with Crippen LogP contribution >= 0.6 is 11.9 Å². The van der Waals surface area contributed by atoms with Gasteiger partial charge >= 0.3 is 0 Å². The van der Waals surface area contributed by atoms with Crippen molar-refractivity contribution in [2.45, 2.75) is 57.7 Å². The smallest absolute Gasteiger partial charge is 0.123 e. The first-order chi connectivity index (χ1) is 15.9. The summed E-state index contributed by atoms with van der Waals surface area (Å²) in [5.74, 6) is 0.273. The molecule has 1 saturated carbocycles. The van der Waals surface area contributed by atoms with Gasteiger partial charge in [0.2, 0.25) is 0 Å². The average molecular weight is 464 g/mol. The van der Waals surface area contributed by atoms with Crippen LogP contribution in [-0.4, -0.2) is 17.2 Å². The van der Waals surface area contributed by atoms with E-state index in [2.05, 4.69) is 61.9 Å². The lowest BCUT2D eigenvalue weighted by Crippen LogP contribution is -2.35. The maximum absolute atomic E-state index is 13.3. The van der Waals surface area contributed by atoms with E-state index >= 15 is 0 Å². The summed E-state index contributed by atoms with van der Waals surface area (Å²) < 4.78 is 17.0. The molecule has 0 radical (unpaired) electrons. The molecule has 2 aromatic rings. The molecule has 3 nitrogen and oxygen atoms in total. The third-order valence-electron chi connectivity index (χ3n) is 7.20. The zero-order valence-corrected chi connectivity index (χ0v) is 20.5. The summed E-state index contributed by atoms with van der Waals surface area (Å²) in [6.07, 6.45) is 7.99. The second-order valence-electron chi connectivity index (χ2n) is 9.80. The van der Waals surface area contributed by atoms with Crippen LogP contribution in [0, 0.1) is 28.5 Å². The van der Waals surface area contributed by atoms with Gasteiger partial charge in [0.05, 0.1) is 5.69 Å². The van der Waals surface area contributed by atoms with E-state index in [1.54, 1.807) is 24.1 Å². The number of nitrogens with zero attached hydrogens (tertiary/aromatic N) is 1. The first kappa shape index (κ1) is 23.9. The predicted octanol–water partition coefficient (Wildman–Crippen LogP) is 7.69. The minimum Gasteiger partial charge on any atom is -0.312 e. The predicted molar refractivity (Wildman–Crippen MR) is 139 cm³/mol. The Bertz CT molecular complexity index is 1020. The molecule has 4 unspecified atom stereocenters. The molecule has 174 valence electrons. The lowest BCUT2D eigenvalue weighted by atomic mass is 9.65. The lowest BCUT2D eigenvalue weighted by molar-refractivity contribution is 0.217. The zero-order chi connectivity index (χ0) is 23.4. The van der Waals surface area contributed by atoms with Crippen LogP contribution in [-0.2, 0) is 0 Å². The highest BCUT2D eigenvalue weighted by Gasteiger charge is 2.47. The van der Waals surface area contributed by atoms with Crippen LogP contribution in [0.4, 0.5) is 10.1 Å². The minimum atomic E-state index is -0.257. The summed E-state index contributed by atoms with van der Waals surface area (Å²) >= 11 is 1.81. The number of hydrogen-bond donors (Lipinski definition) is 2. The van der Waals surface area contributed by atoms with Crippen molar-refractivity contribution in [1.29, 1.82) is 5.41 Å². The molecule has 1 fully saturated rings. The van der Waals surface area contributed by atoms with Gasteiger partial charge in [-0.1, -0.05) is 68.6 Å². The number of nitrogens with one attached hydrogen (secondary N) is 2. The van der Waals surface area contributed by atoms with Crippen LogP contribution in [0.3, 0.4) is 0 Å². The van der Waals surface area contributed by atoms with Gasteiger partial charge in [-0.05, 0) is 72.9 Å². The van der Waals surface area contributed by atoms with Crippen molar-refractivity contribution < 1.29 is 4.39 Å². The Kier molecular flexibility index (Phi) is 7.50. The molecule has 0 aromatic heterocycles. The summed E-state index contributed by atoms with van der Waals surface area (Å²) in [5.41, 5.74) is 4.53. The van der Waals surface area contributed by atoms with E-state index in [-0.39, 0.29) is 17.2 Å². The van der Waals surface area contributed by atoms with Crippen LogP contribution in [0.2, 0.25) is 0 Å². The molecule has 5 heteroatoms. The number of fused-ring (bicyclic) bond motifs is 1. The summed E-state index contributed by atoms with van der Waals surface area (Å²) in [7, 11) is 0. The second kappa shape index (κ2) is 10.4. The number of allylic oxidation sites excluding steroid dienone is 2. The van der Waals surface area contributed by atoms with E-state index in [4.69, 9.17) is 10.4 Å². The van der Waals surface area contributed by atoms with E-state index < -0.39 is 0 Å². The summed E-state index contributed by atoms with van der Waals surface area (Å²) in [6, 6.07) is 17.4. The van der Waals surface area contributed by atoms with Gasteiger partial charge in [0, 0.05) is 29.1 Å². The van der Waals surface area contributed by atoms with Gasteiger partial charge < -0.3 is 5.41 Å². The molecule has 4 atom stereocenters. The van der Waals surface area contributed by atoms with Gasteiger partial charge in [-0.15, -0.1) is 0 Å². The lowest BCUT2D eigenvalue weighted by Gasteiger charge is -2.40. The Morgan fingerprint density at radius 2 is 1.91 bits per heavy atom. The molecule has 0 bridgehead atoms. The Morgan fingerprint density at radius 1 is 1.18 bits per heavy atom. The molecule has 33 heavy (non-hydrogen) atoms. The monoisotopic (exact) mass is 463 g/mol. The number of benzene rings is 2. The normalized spacial score (nSPS) is 26.8. The van der Waals surface area contributed by atoms with Gasteiger partial charge in [-0.25, -0.2) is 4.39 Å². The quantitative estimate of drug-likeness (QED) is 0.311. The fraction of sp³-hybridized carbons (Fsp3) is 0.429. The average Bonchev–Trinajstić information content (AvgIpc) is 3.13. The molecule has 0 saturated heterocycles. The van der Waals surface area contributed by atoms with Crippen molar-refractivity contribution in [3.63, 3.8) is 0 Å². The van der Waals surface area contributed by atoms with Gasteiger partial charge in [-0.3, -0.25) is 9.71 Å². The topological polar surface area (TPSA) is 48.2 Å². The van der Waals surface area contributed by atoms with E-state index in [1.807, 2.05) is 0 Å². The van der Waals surface area contributed by atoms with Crippen LogP contribution in [0.25, 0.3) is 0 Å². The van der Waals surface area contributed by atoms with Crippen LogP contribution in [0.15, 0.2) is 71.2 Å². The van der Waals surface area contributed by atoms with E-state index in [9.17, 15) is 4.39 Å². The minimum absolute atomic E-state index is 0.0161. The van der Waals surface area contributed by atoms with Crippen molar-refractivity contribution in [2.24, 2.45) is 22.2 Å². The Balaban J connectivity index is 1.59. The fourth-order valence-corrected chi connectivity index (χ4v) is 5.99. The molecule has 0 spiro atoms. The van der Waals surface area contributed by atoms with Crippen molar-refractivity contribution in [3.8, 4) is 0 Å². The van der Waals surface area contributed by atoms with Crippen molar-refractivity contribution >= 4 is 29.6 Å². The van der Waals surface area contributed by atoms with Gasteiger partial charge in [0.1, 0.15) is 5.82 Å². The van der Waals surface area contributed by atoms with Gasteiger partial charge in [-0.2, -0.15) is 0 Å².